The number of nitrogens with zero attached hydrogens (tertiary/aromatic N) is 7. The van der Waals surface area contributed by atoms with Gasteiger partial charge in [0.15, 0.2) is 5.65 Å². The van der Waals surface area contributed by atoms with Gasteiger partial charge in [-0.1, -0.05) is 0 Å². The van der Waals surface area contributed by atoms with E-state index in [4.69, 9.17) is 4.74 Å². The van der Waals surface area contributed by atoms with Gasteiger partial charge in [0.2, 0.25) is 0 Å². The Kier molecular flexibility index (Phi) is 4.17. The molecule has 1 unspecified atom stereocenters. The lowest BCUT2D eigenvalue weighted by molar-refractivity contribution is 0.214. The van der Waals surface area contributed by atoms with Crippen LogP contribution in [0.25, 0.3) is 11.0 Å². The van der Waals surface area contributed by atoms with Gasteiger partial charge < -0.3 is 9.64 Å². The van der Waals surface area contributed by atoms with E-state index in [0.717, 1.165) is 48.6 Å². The Morgan fingerprint density at radius 3 is 2.92 bits per heavy atom. The minimum atomic E-state index is 0.416. The van der Waals surface area contributed by atoms with E-state index in [9.17, 15) is 0 Å². The number of rotatable bonds is 4. The van der Waals surface area contributed by atoms with E-state index in [1.165, 1.54) is 0 Å². The maximum absolute atomic E-state index is 5.75. The minimum absolute atomic E-state index is 0.416. The number of hydrogen-bond acceptors (Lipinski definition) is 7. The zero-order valence-electron chi connectivity index (χ0n) is 14.5. The number of hydrogen-bond donors (Lipinski definition) is 0. The van der Waals surface area contributed by atoms with Crippen LogP contribution in [0.5, 0.6) is 6.01 Å². The molecule has 1 atom stereocenters. The summed E-state index contributed by atoms with van der Waals surface area (Å²) in [4.78, 5) is 19.7. The molecule has 4 heterocycles. The number of fused-ring (bicyclic) bond motifs is 1. The second-order valence-electron chi connectivity index (χ2n) is 6.40. The molecule has 1 fully saturated rings. The fraction of sp³-hybridized carbons (Fsp3) is 0.471. The molecule has 0 aliphatic carbocycles. The van der Waals surface area contributed by atoms with Crippen LogP contribution in [0.4, 0.5) is 5.82 Å². The zero-order valence-corrected chi connectivity index (χ0v) is 14.5. The van der Waals surface area contributed by atoms with Crippen molar-refractivity contribution < 1.29 is 4.74 Å². The van der Waals surface area contributed by atoms with Gasteiger partial charge in [-0.05, 0) is 25.8 Å². The number of ether oxygens (including phenoxy) is 1. The maximum Gasteiger partial charge on any atom is 0.316 e. The molecule has 0 N–H and O–H groups in total. The smallest absolute Gasteiger partial charge is 0.316 e. The maximum atomic E-state index is 5.75. The van der Waals surface area contributed by atoms with Gasteiger partial charge in [-0.2, -0.15) is 5.10 Å². The molecule has 1 aliphatic rings. The molecular formula is C17H21N7O. The van der Waals surface area contributed by atoms with Crippen molar-refractivity contribution in [3.05, 3.63) is 30.5 Å². The van der Waals surface area contributed by atoms with Crippen LogP contribution in [-0.4, -0.2) is 49.4 Å². The van der Waals surface area contributed by atoms with E-state index >= 15 is 0 Å². The zero-order chi connectivity index (χ0) is 17.2. The highest BCUT2D eigenvalue weighted by atomic mass is 16.5. The first-order valence-electron chi connectivity index (χ1n) is 8.52. The Bertz CT molecular complexity index is 864. The largest absolute Gasteiger partial charge is 0.463 e. The SMILES string of the molecule is Cc1nc(N2CCCC(COc3ncccn3)C2)c2cnn(C)c2n1. The lowest BCUT2D eigenvalue weighted by Gasteiger charge is -2.33. The van der Waals surface area contributed by atoms with Crippen molar-refractivity contribution in [1.82, 2.24) is 29.7 Å². The van der Waals surface area contributed by atoms with Crippen molar-refractivity contribution in [2.24, 2.45) is 13.0 Å². The van der Waals surface area contributed by atoms with Crippen molar-refractivity contribution in [2.45, 2.75) is 19.8 Å². The number of aromatic nitrogens is 6. The molecule has 8 nitrogen and oxygen atoms in total. The highest BCUT2D eigenvalue weighted by molar-refractivity contribution is 5.87. The van der Waals surface area contributed by atoms with Gasteiger partial charge in [0.25, 0.3) is 0 Å². The quantitative estimate of drug-likeness (QED) is 0.716. The summed E-state index contributed by atoms with van der Waals surface area (Å²) in [6, 6.07) is 2.22. The minimum Gasteiger partial charge on any atom is -0.463 e. The molecule has 25 heavy (non-hydrogen) atoms. The van der Waals surface area contributed by atoms with Gasteiger partial charge in [0.05, 0.1) is 18.2 Å². The molecule has 130 valence electrons. The normalized spacial score (nSPS) is 17.8. The molecule has 4 rings (SSSR count). The van der Waals surface area contributed by atoms with Gasteiger partial charge in [-0.3, -0.25) is 4.68 Å². The predicted molar refractivity (Wildman–Crippen MR) is 93.5 cm³/mol. The van der Waals surface area contributed by atoms with Crippen molar-refractivity contribution in [3.63, 3.8) is 0 Å². The monoisotopic (exact) mass is 339 g/mol. The third kappa shape index (κ3) is 3.24. The second-order valence-corrected chi connectivity index (χ2v) is 6.40. The van der Waals surface area contributed by atoms with Crippen LogP contribution in [0, 0.1) is 12.8 Å². The lowest BCUT2D eigenvalue weighted by atomic mass is 9.99. The first kappa shape index (κ1) is 15.7. The Morgan fingerprint density at radius 1 is 1.24 bits per heavy atom. The van der Waals surface area contributed by atoms with Crippen molar-refractivity contribution in [1.29, 1.82) is 0 Å². The van der Waals surface area contributed by atoms with E-state index in [1.807, 2.05) is 20.2 Å². The van der Waals surface area contributed by atoms with E-state index in [0.29, 0.717) is 18.5 Å². The summed E-state index contributed by atoms with van der Waals surface area (Å²) in [6.07, 6.45) is 7.47. The topological polar surface area (TPSA) is 81.9 Å². The number of piperidine rings is 1. The summed E-state index contributed by atoms with van der Waals surface area (Å²) >= 11 is 0. The van der Waals surface area contributed by atoms with Crippen molar-refractivity contribution in [3.8, 4) is 6.01 Å². The fourth-order valence-corrected chi connectivity index (χ4v) is 3.30. The van der Waals surface area contributed by atoms with Crippen LogP contribution in [0.2, 0.25) is 0 Å². The first-order valence-corrected chi connectivity index (χ1v) is 8.52. The highest BCUT2D eigenvalue weighted by Crippen LogP contribution is 2.28. The average molecular weight is 339 g/mol. The molecule has 3 aromatic rings. The van der Waals surface area contributed by atoms with Crippen LogP contribution in [0.1, 0.15) is 18.7 Å². The summed E-state index contributed by atoms with van der Waals surface area (Å²) in [6.45, 7) is 4.42. The van der Waals surface area contributed by atoms with Gasteiger partial charge in [0.1, 0.15) is 11.6 Å². The summed E-state index contributed by atoms with van der Waals surface area (Å²) in [5, 5.41) is 5.33. The van der Waals surface area contributed by atoms with E-state index in [2.05, 4.69) is 29.9 Å². The van der Waals surface area contributed by atoms with Crippen LogP contribution >= 0.6 is 0 Å². The molecule has 1 saturated heterocycles. The summed E-state index contributed by atoms with van der Waals surface area (Å²) in [5.74, 6) is 2.15. The molecule has 0 spiro atoms. The van der Waals surface area contributed by atoms with E-state index in [1.54, 1.807) is 23.1 Å². The molecule has 0 bridgehead atoms. The predicted octanol–water partition coefficient (Wildman–Crippen LogP) is 1.76. The third-order valence-corrected chi connectivity index (χ3v) is 4.49. The third-order valence-electron chi connectivity index (χ3n) is 4.49. The first-order chi connectivity index (χ1) is 12.2. The molecule has 3 aromatic heterocycles. The molecule has 1 aliphatic heterocycles. The standard InChI is InChI=1S/C17H21N7O/c1-12-21-15-14(9-20-23(15)2)16(22-12)24-8-3-5-13(10-24)11-25-17-18-6-4-7-19-17/h4,6-7,9,13H,3,5,8,10-11H2,1-2H3. The van der Waals surface area contributed by atoms with Crippen molar-refractivity contribution >= 4 is 16.9 Å². The Balaban J connectivity index is 1.51. The van der Waals surface area contributed by atoms with E-state index in [-0.39, 0.29) is 0 Å². The fourth-order valence-electron chi connectivity index (χ4n) is 3.30. The van der Waals surface area contributed by atoms with Crippen LogP contribution < -0.4 is 9.64 Å². The Hall–Kier alpha value is -2.77. The molecule has 0 amide bonds. The summed E-state index contributed by atoms with van der Waals surface area (Å²) in [7, 11) is 1.91. The van der Waals surface area contributed by atoms with Gasteiger partial charge in [-0.15, -0.1) is 0 Å². The highest BCUT2D eigenvalue weighted by Gasteiger charge is 2.24. The molecular weight excluding hydrogens is 318 g/mol. The second kappa shape index (κ2) is 6.62. The van der Waals surface area contributed by atoms with Gasteiger partial charge >= 0.3 is 6.01 Å². The molecule has 0 saturated carbocycles. The van der Waals surface area contributed by atoms with Crippen LogP contribution in [-0.2, 0) is 7.05 Å². The number of aryl methyl sites for hydroxylation is 2. The number of anilines is 1. The Labute approximate surface area is 145 Å². The van der Waals surface area contributed by atoms with Crippen LogP contribution in [0.3, 0.4) is 0 Å². The van der Waals surface area contributed by atoms with Crippen LogP contribution in [0.15, 0.2) is 24.7 Å². The van der Waals surface area contributed by atoms with E-state index < -0.39 is 0 Å². The molecule has 0 radical (unpaired) electrons. The average Bonchev–Trinajstić information content (AvgIpc) is 3.01. The summed E-state index contributed by atoms with van der Waals surface area (Å²) < 4.78 is 7.54. The molecule has 0 aromatic carbocycles. The summed E-state index contributed by atoms with van der Waals surface area (Å²) in [5.41, 5.74) is 0.874. The van der Waals surface area contributed by atoms with Crippen molar-refractivity contribution in [2.75, 3.05) is 24.6 Å². The van der Waals surface area contributed by atoms with Gasteiger partial charge in [-0.25, -0.2) is 19.9 Å². The van der Waals surface area contributed by atoms with Gasteiger partial charge in [0, 0.05) is 38.4 Å². The lowest BCUT2D eigenvalue weighted by Crippen LogP contribution is -2.38. The Morgan fingerprint density at radius 2 is 2.08 bits per heavy atom. The molecule has 8 heteroatoms.